The van der Waals surface area contributed by atoms with Gasteiger partial charge >= 0.3 is 0 Å². The van der Waals surface area contributed by atoms with Crippen LogP contribution in [-0.4, -0.2) is 56.3 Å². The summed E-state index contributed by atoms with van der Waals surface area (Å²) in [6.07, 6.45) is 8.67. The van der Waals surface area contributed by atoms with Crippen LogP contribution in [0.1, 0.15) is 52.0 Å². The van der Waals surface area contributed by atoms with E-state index >= 15 is 0 Å². The van der Waals surface area contributed by atoms with Gasteiger partial charge in [-0.1, -0.05) is 24.0 Å². The van der Waals surface area contributed by atoms with E-state index in [1.807, 2.05) is 10.9 Å². The van der Waals surface area contributed by atoms with Crippen LogP contribution in [0, 0.1) is 11.8 Å². The lowest BCUT2D eigenvalue weighted by Crippen LogP contribution is -2.31. The Bertz CT molecular complexity index is 1400. The highest BCUT2D eigenvalue weighted by atomic mass is 16.5. The maximum atomic E-state index is 11.9. The molecule has 8 heteroatoms. The first-order chi connectivity index (χ1) is 18.1. The summed E-state index contributed by atoms with van der Waals surface area (Å²) in [5.74, 6) is 5.39. The van der Waals surface area contributed by atoms with E-state index in [0.717, 1.165) is 37.1 Å². The summed E-state index contributed by atoms with van der Waals surface area (Å²) in [7, 11) is 2.12. The molecule has 1 aromatic carbocycles. The van der Waals surface area contributed by atoms with Gasteiger partial charge in [-0.25, -0.2) is 4.98 Å². The minimum Gasteiger partial charge on any atom is -0.485 e. The van der Waals surface area contributed by atoms with Crippen molar-refractivity contribution < 1.29 is 17.4 Å². The number of carbonyl (C=O) groups is 1. The van der Waals surface area contributed by atoms with Gasteiger partial charge in [-0.3, -0.25) is 9.48 Å². The monoisotopic (exact) mass is 487 g/mol. The highest BCUT2D eigenvalue weighted by molar-refractivity contribution is 5.92. The van der Waals surface area contributed by atoms with Crippen molar-refractivity contribution in [2.45, 2.75) is 50.3 Å². The molecule has 2 aromatic heterocycles. The van der Waals surface area contributed by atoms with E-state index < -0.39 is 12.2 Å². The van der Waals surface area contributed by atoms with Gasteiger partial charge in [0.1, 0.15) is 6.56 Å². The molecule has 2 fully saturated rings. The van der Waals surface area contributed by atoms with Gasteiger partial charge in [0.2, 0.25) is 0 Å². The second kappa shape index (κ2) is 10.1. The van der Waals surface area contributed by atoms with Gasteiger partial charge in [-0.15, -0.1) is 0 Å². The van der Waals surface area contributed by atoms with E-state index in [9.17, 15) is 9.90 Å². The third-order valence-corrected chi connectivity index (χ3v) is 6.84. The van der Waals surface area contributed by atoms with Crippen molar-refractivity contribution in [1.29, 1.82) is 0 Å². The SMILES string of the molecule is [2H]C([2H])(Oc1cc(-c2cnn(C3CCN(C)CC3)c2)cnc1N)c1cccc(C#CC2(O)CCCC2=O)c1. The molecule has 186 valence electrons. The van der Waals surface area contributed by atoms with Crippen LogP contribution in [-0.2, 0) is 11.4 Å². The quantitative estimate of drug-likeness (QED) is 0.532. The first-order valence-corrected chi connectivity index (χ1v) is 12.2. The molecule has 1 atom stereocenters. The molecule has 1 saturated heterocycles. The number of likely N-dealkylation sites (tertiary alicyclic amines) is 1. The number of Topliss-reactive ketones (excluding diaryl/α,β-unsaturated/α-hetero) is 1. The van der Waals surface area contributed by atoms with E-state index in [4.69, 9.17) is 13.2 Å². The summed E-state index contributed by atoms with van der Waals surface area (Å²) < 4.78 is 24.9. The van der Waals surface area contributed by atoms with E-state index in [1.54, 1.807) is 36.7 Å². The largest absolute Gasteiger partial charge is 0.485 e. The second-order valence-electron chi connectivity index (χ2n) is 9.52. The summed E-state index contributed by atoms with van der Waals surface area (Å²) in [6, 6.07) is 8.47. The van der Waals surface area contributed by atoms with E-state index in [1.165, 1.54) is 6.07 Å². The Hall–Kier alpha value is -3.67. The van der Waals surface area contributed by atoms with Crippen LogP contribution in [0.2, 0.25) is 0 Å². The third-order valence-electron chi connectivity index (χ3n) is 6.84. The molecule has 3 aromatic rings. The zero-order chi connectivity index (χ0) is 26.9. The van der Waals surface area contributed by atoms with Gasteiger partial charge in [-0.05, 0) is 69.6 Å². The van der Waals surface area contributed by atoms with Gasteiger partial charge in [0, 0.05) is 35.5 Å². The van der Waals surface area contributed by atoms with Gasteiger partial charge in [0.15, 0.2) is 23.0 Å². The molecule has 0 bridgehead atoms. The molecule has 1 aliphatic heterocycles. The van der Waals surface area contributed by atoms with Crippen molar-refractivity contribution in [2.75, 3.05) is 25.9 Å². The molecule has 1 unspecified atom stereocenters. The Kier molecular flexibility index (Phi) is 6.08. The summed E-state index contributed by atoms with van der Waals surface area (Å²) in [5.41, 5.74) is 6.67. The number of rotatable bonds is 5. The van der Waals surface area contributed by atoms with E-state index in [-0.39, 0.29) is 22.9 Å². The minimum atomic E-state index is -2.25. The number of aliphatic hydroxyl groups is 1. The Balaban J connectivity index is 1.35. The summed E-state index contributed by atoms with van der Waals surface area (Å²) in [5, 5.41) is 15.0. The van der Waals surface area contributed by atoms with Crippen molar-refractivity contribution in [3.05, 3.63) is 60.0 Å². The number of ether oxygens (including phenoxy) is 1. The predicted molar refractivity (Wildman–Crippen MR) is 137 cm³/mol. The number of nitrogens with two attached hydrogens (primary N) is 1. The normalized spacial score (nSPS) is 22.0. The van der Waals surface area contributed by atoms with Crippen LogP contribution >= 0.6 is 0 Å². The molecule has 5 rings (SSSR count). The zero-order valence-electron chi connectivity index (χ0n) is 22.3. The van der Waals surface area contributed by atoms with Gasteiger partial charge in [0.25, 0.3) is 0 Å². The molecule has 2 aliphatic rings. The number of anilines is 1. The number of nitrogens with zero attached hydrogens (tertiary/aromatic N) is 4. The molecule has 0 radical (unpaired) electrons. The molecule has 8 nitrogen and oxygen atoms in total. The molecular formula is C28H31N5O3. The maximum Gasteiger partial charge on any atom is 0.184 e. The topological polar surface area (TPSA) is 106 Å². The lowest BCUT2D eigenvalue weighted by atomic mass is 10.0. The molecule has 3 heterocycles. The summed E-state index contributed by atoms with van der Waals surface area (Å²) in [4.78, 5) is 18.5. The molecule has 0 amide bonds. The van der Waals surface area contributed by atoms with Crippen LogP contribution in [0.15, 0.2) is 48.9 Å². The van der Waals surface area contributed by atoms with Gasteiger partial charge < -0.3 is 20.5 Å². The molecule has 3 N–H and O–H groups in total. The number of hydrogen-bond donors (Lipinski definition) is 2. The predicted octanol–water partition coefficient (Wildman–Crippen LogP) is 3.21. The number of carbonyl (C=O) groups excluding carboxylic acids is 1. The van der Waals surface area contributed by atoms with Crippen LogP contribution in [0.5, 0.6) is 5.75 Å². The first kappa shape index (κ1) is 21.6. The number of nitrogen functional groups attached to an aromatic ring is 1. The smallest absolute Gasteiger partial charge is 0.184 e. The average Bonchev–Trinajstić information content (AvgIpc) is 3.52. The lowest BCUT2D eigenvalue weighted by molar-refractivity contribution is -0.128. The van der Waals surface area contributed by atoms with Gasteiger partial charge in [-0.2, -0.15) is 5.10 Å². The standard InChI is InChI=1S/C28H31N5O3/c1-32-12-8-24(9-13-32)33-18-23(17-31-33)22-15-25(27(29)30-16-22)36-19-21-5-2-4-20(14-21)7-11-28(35)10-3-6-26(28)34/h2,4-5,14-18,24,35H,3,6,8-10,12-13,19H2,1H3,(H2,29,30)/i19D2. The number of aromatic nitrogens is 3. The van der Waals surface area contributed by atoms with Crippen molar-refractivity contribution in [3.8, 4) is 28.7 Å². The Morgan fingerprint density at radius 2 is 2.11 bits per heavy atom. The van der Waals surface area contributed by atoms with E-state index in [2.05, 4.69) is 33.9 Å². The Morgan fingerprint density at radius 1 is 1.28 bits per heavy atom. The number of benzene rings is 1. The molecule has 1 aliphatic carbocycles. The number of piperidine rings is 1. The summed E-state index contributed by atoms with van der Waals surface area (Å²) in [6.45, 7) is -0.186. The Morgan fingerprint density at radius 3 is 2.89 bits per heavy atom. The van der Waals surface area contributed by atoms with Crippen LogP contribution in [0.3, 0.4) is 0 Å². The van der Waals surface area contributed by atoms with E-state index in [0.29, 0.717) is 30.9 Å². The van der Waals surface area contributed by atoms with Gasteiger partial charge in [0.05, 0.1) is 15.0 Å². The Labute approximate surface area is 213 Å². The minimum absolute atomic E-state index is 0.0678. The van der Waals surface area contributed by atoms with Crippen molar-refractivity contribution in [2.24, 2.45) is 0 Å². The highest BCUT2D eigenvalue weighted by Gasteiger charge is 2.38. The highest BCUT2D eigenvalue weighted by Crippen LogP contribution is 2.30. The molecule has 36 heavy (non-hydrogen) atoms. The molecule has 0 spiro atoms. The lowest BCUT2D eigenvalue weighted by Gasteiger charge is -2.28. The van der Waals surface area contributed by atoms with Crippen LogP contribution < -0.4 is 10.5 Å². The average molecular weight is 488 g/mol. The second-order valence-corrected chi connectivity index (χ2v) is 9.52. The van der Waals surface area contributed by atoms with Crippen molar-refractivity contribution in [3.63, 3.8) is 0 Å². The fourth-order valence-corrected chi connectivity index (χ4v) is 4.57. The van der Waals surface area contributed by atoms with Crippen LogP contribution in [0.4, 0.5) is 5.82 Å². The fourth-order valence-electron chi connectivity index (χ4n) is 4.57. The van der Waals surface area contributed by atoms with Crippen LogP contribution in [0.25, 0.3) is 11.1 Å². The number of ketones is 1. The maximum absolute atomic E-state index is 11.9. The summed E-state index contributed by atoms with van der Waals surface area (Å²) >= 11 is 0. The number of pyridine rings is 1. The fraction of sp³-hybridized carbons (Fsp3) is 0.393. The van der Waals surface area contributed by atoms with Crippen molar-refractivity contribution in [1.82, 2.24) is 19.7 Å². The van der Waals surface area contributed by atoms with Crippen molar-refractivity contribution >= 4 is 11.6 Å². The molecular weight excluding hydrogens is 454 g/mol. The zero-order valence-corrected chi connectivity index (χ0v) is 20.3. The number of hydrogen-bond acceptors (Lipinski definition) is 7. The first-order valence-electron chi connectivity index (χ1n) is 13.2. The molecule has 1 saturated carbocycles. The third kappa shape index (κ3) is 5.27.